The van der Waals surface area contributed by atoms with E-state index in [4.69, 9.17) is 9.84 Å². The maximum atomic E-state index is 13.7. The Morgan fingerprint density at radius 2 is 1.90 bits per heavy atom. The topological polar surface area (TPSA) is 75.6 Å². The lowest BCUT2D eigenvalue weighted by Crippen LogP contribution is -2.34. The lowest BCUT2D eigenvalue weighted by Gasteiger charge is -2.11. The van der Waals surface area contributed by atoms with E-state index in [1.165, 1.54) is 0 Å². The van der Waals surface area contributed by atoms with Gasteiger partial charge in [0.2, 0.25) is 0 Å². The van der Waals surface area contributed by atoms with Crippen LogP contribution in [0, 0.1) is 11.6 Å². The van der Waals surface area contributed by atoms with Crippen molar-refractivity contribution in [2.24, 2.45) is 0 Å². The van der Waals surface area contributed by atoms with Crippen molar-refractivity contribution in [2.45, 2.75) is 19.9 Å². The molecule has 0 saturated carbocycles. The third-order valence-corrected chi connectivity index (χ3v) is 2.24. The molecule has 0 spiro atoms. The summed E-state index contributed by atoms with van der Waals surface area (Å²) in [5, 5.41) is 11.0. The number of carbonyl (C=O) groups excluding carboxylic acids is 1. The van der Waals surface area contributed by atoms with Gasteiger partial charge in [0.25, 0.3) is 5.91 Å². The van der Waals surface area contributed by atoms with Crippen molar-refractivity contribution in [1.82, 2.24) is 5.32 Å². The first-order chi connectivity index (χ1) is 9.79. The number of amides is 1. The van der Waals surface area contributed by atoms with Crippen molar-refractivity contribution in [3.63, 3.8) is 0 Å². The van der Waals surface area contributed by atoms with Crippen LogP contribution >= 0.6 is 0 Å². The summed E-state index contributed by atoms with van der Waals surface area (Å²) in [5.74, 6) is -4.45. The van der Waals surface area contributed by atoms with Crippen LogP contribution in [0.4, 0.5) is 8.78 Å². The highest BCUT2D eigenvalue weighted by molar-refractivity contribution is 5.85. The zero-order chi connectivity index (χ0) is 16.0. The molecule has 0 heterocycles. The number of carboxylic acid groups (broad SMARTS) is 1. The molecule has 114 valence electrons. The summed E-state index contributed by atoms with van der Waals surface area (Å²) in [6.07, 6.45) is 1.80. The van der Waals surface area contributed by atoms with E-state index < -0.39 is 35.9 Å². The van der Waals surface area contributed by atoms with Gasteiger partial charge in [0, 0.05) is 12.1 Å². The summed E-state index contributed by atoms with van der Waals surface area (Å²) in [6, 6.07) is 1.72. The average molecular weight is 299 g/mol. The van der Waals surface area contributed by atoms with Gasteiger partial charge >= 0.3 is 5.97 Å². The SMILES string of the molecule is CC(C)NC(=O)COc1c(F)cc(C=CC(=O)O)cc1F. The Balaban J connectivity index is 2.80. The number of hydrogen-bond acceptors (Lipinski definition) is 3. The second kappa shape index (κ2) is 7.37. The van der Waals surface area contributed by atoms with Crippen molar-refractivity contribution in [3.05, 3.63) is 35.4 Å². The molecular formula is C14H15F2NO4. The smallest absolute Gasteiger partial charge is 0.328 e. The Hall–Kier alpha value is -2.44. The summed E-state index contributed by atoms with van der Waals surface area (Å²) >= 11 is 0. The minimum Gasteiger partial charge on any atom is -0.478 e. The molecule has 21 heavy (non-hydrogen) atoms. The van der Waals surface area contributed by atoms with Gasteiger partial charge in [0.15, 0.2) is 24.0 Å². The summed E-state index contributed by atoms with van der Waals surface area (Å²) in [5.41, 5.74) is 0.0337. The molecular weight excluding hydrogens is 284 g/mol. The Morgan fingerprint density at radius 3 is 2.38 bits per heavy atom. The molecule has 1 amide bonds. The number of benzene rings is 1. The summed E-state index contributed by atoms with van der Waals surface area (Å²) < 4.78 is 32.1. The van der Waals surface area contributed by atoms with Crippen molar-refractivity contribution >= 4 is 18.0 Å². The molecule has 0 bridgehead atoms. The quantitative estimate of drug-likeness (QED) is 0.787. The predicted octanol–water partition coefficient (Wildman–Crippen LogP) is 1.97. The van der Waals surface area contributed by atoms with Crippen molar-refractivity contribution in [3.8, 4) is 5.75 Å². The fraction of sp³-hybridized carbons (Fsp3) is 0.286. The molecule has 2 N–H and O–H groups in total. The van der Waals surface area contributed by atoms with Gasteiger partial charge in [-0.25, -0.2) is 13.6 Å². The lowest BCUT2D eigenvalue weighted by atomic mass is 10.2. The maximum absolute atomic E-state index is 13.7. The lowest BCUT2D eigenvalue weighted by molar-refractivity contribution is -0.131. The van der Waals surface area contributed by atoms with Gasteiger partial charge in [-0.1, -0.05) is 0 Å². The van der Waals surface area contributed by atoms with Gasteiger partial charge in [0.05, 0.1) is 0 Å². The number of ether oxygens (including phenoxy) is 1. The Labute approximate surface area is 120 Å². The molecule has 1 aromatic rings. The van der Waals surface area contributed by atoms with Gasteiger partial charge in [-0.05, 0) is 37.6 Å². The van der Waals surface area contributed by atoms with Crippen molar-refractivity contribution < 1.29 is 28.2 Å². The van der Waals surface area contributed by atoms with Crippen LogP contribution in [0.5, 0.6) is 5.75 Å². The first-order valence-electron chi connectivity index (χ1n) is 6.11. The maximum Gasteiger partial charge on any atom is 0.328 e. The minimum atomic E-state index is -1.23. The van der Waals surface area contributed by atoms with Crippen molar-refractivity contribution in [2.75, 3.05) is 6.61 Å². The van der Waals surface area contributed by atoms with Crippen LogP contribution in [0.3, 0.4) is 0 Å². The Kier molecular flexibility index (Phi) is 5.83. The molecule has 0 saturated heterocycles. The van der Waals surface area contributed by atoms with E-state index in [1.54, 1.807) is 13.8 Å². The molecule has 0 atom stereocenters. The molecule has 0 fully saturated rings. The number of nitrogens with one attached hydrogen (secondary N) is 1. The third kappa shape index (κ3) is 5.60. The molecule has 0 aliphatic rings. The van der Waals surface area contributed by atoms with Gasteiger partial charge in [-0.2, -0.15) is 0 Å². The normalized spacial score (nSPS) is 10.9. The second-order valence-electron chi connectivity index (χ2n) is 4.50. The van der Waals surface area contributed by atoms with Crippen LogP contribution in [-0.4, -0.2) is 29.6 Å². The first kappa shape index (κ1) is 16.6. The van der Waals surface area contributed by atoms with E-state index in [0.717, 1.165) is 24.3 Å². The monoisotopic (exact) mass is 299 g/mol. The van der Waals surface area contributed by atoms with Crippen LogP contribution in [0.2, 0.25) is 0 Å². The zero-order valence-electron chi connectivity index (χ0n) is 11.5. The predicted molar refractivity (Wildman–Crippen MR) is 71.8 cm³/mol. The standard InChI is InChI=1S/C14H15F2NO4/c1-8(2)17-12(18)7-21-14-10(15)5-9(6-11(14)16)3-4-13(19)20/h3-6,8H,7H2,1-2H3,(H,17,18)(H,19,20). The summed E-state index contributed by atoms with van der Waals surface area (Å²) in [7, 11) is 0. The molecule has 0 radical (unpaired) electrons. The number of carboxylic acids is 1. The largest absolute Gasteiger partial charge is 0.478 e. The molecule has 1 rings (SSSR count). The van der Waals surface area contributed by atoms with E-state index in [2.05, 4.69) is 5.32 Å². The first-order valence-corrected chi connectivity index (χ1v) is 6.11. The molecule has 0 aromatic heterocycles. The van der Waals surface area contributed by atoms with Crippen LogP contribution in [0.15, 0.2) is 18.2 Å². The fourth-order valence-corrected chi connectivity index (χ4v) is 1.48. The van der Waals surface area contributed by atoms with Crippen LogP contribution in [0.25, 0.3) is 6.08 Å². The van der Waals surface area contributed by atoms with Gasteiger partial charge in [-0.15, -0.1) is 0 Å². The van der Waals surface area contributed by atoms with Gasteiger partial charge < -0.3 is 15.2 Å². The van der Waals surface area contributed by atoms with E-state index in [-0.39, 0.29) is 11.6 Å². The fourth-order valence-electron chi connectivity index (χ4n) is 1.48. The number of aliphatic carboxylic acids is 1. The molecule has 0 aliphatic heterocycles. The number of hydrogen-bond donors (Lipinski definition) is 2. The molecule has 0 unspecified atom stereocenters. The highest BCUT2D eigenvalue weighted by atomic mass is 19.1. The number of rotatable bonds is 6. The van der Waals surface area contributed by atoms with E-state index in [1.807, 2.05) is 0 Å². The van der Waals surface area contributed by atoms with E-state index in [9.17, 15) is 18.4 Å². The molecule has 5 nitrogen and oxygen atoms in total. The number of carbonyl (C=O) groups is 2. The summed E-state index contributed by atoms with van der Waals surface area (Å²) in [6.45, 7) is 2.96. The average Bonchev–Trinajstić information content (AvgIpc) is 2.34. The Morgan fingerprint density at radius 1 is 1.33 bits per heavy atom. The van der Waals surface area contributed by atoms with Gasteiger partial charge in [0.1, 0.15) is 0 Å². The van der Waals surface area contributed by atoms with Crippen molar-refractivity contribution in [1.29, 1.82) is 0 Å². The van der Waals surface area contributed by atoms with E-state index in [0.29, 0.717) is 0 Å². The van der Waals surface area contributed by atoms with Crippen LogP contribution < -0.4 is 10.1 Å². The zero-order valence-corrected chi connectivity index (χ0v) is 11.5. The third-order valence-electron chi connectivity index (χ3n) is 2.24. The van der Waals surface area contributed by atoms with E-state index >= 15 is 0 Å². The molecule has 7 heteroatoms. The molecule has 0 aliphatic carbocycles. The summed E-state index contributed by atoms with van der Waals surface area (Å²) in [4.78, 5) is 21.7. The van der Waals surface area contributed by atoms with Crippen LogP contribution in [-0.2, 0) is 9.59 Å². The highest BCUT2D eigenvalue weighted by Gasteiger charge is 2.14. The Bertz CT molecular complexity index is 547. The molecule has 1 aromatic carbocycles. The van der Waals surface area contributed by atoms with Crippen LogP contribution in [0.1, 0.15) is 19.4 Å². The highest BCUT2D eigenvalue weighted by Crippen LogP contribution is 2.23. The second-order valence-corrected chi connectivity index (χ2v) is 4.50. The minimum absolute atomic E-state index is 0.0337. The van der Waals surface area contributed by atoms with Gasteiger partial charge in [-0.3, -0.25) is 4.79 Å². The number of halogens is 2.